The van der Waals surface area contributed by atoms with E-state index in [0.29, 0.717) is 29.4 Å². The van der Waals surface area contributed by atoms with Crippen LogP contribution >= 0.6 is 11.6 Å². The number of sulfone groups is 1. The highest BCUT2D eigenvalue weighted by atomic mass is 35.5. The summed E-state index contributed by atoms with van der Waals surface area (Å²) >= 11 is 6.02. The fourth-order valence-electron chi connectivity index (χ4n) is 2.42. The summed E-state index contributed by atoms with van der Waals surface area (Å²) in [5.41, 5.74) is 6.94. The van der Waals surface area contributed by atoms with Crippen molar-refractivity contribution in [1.82, 2.24) is 20.2 Å². The van der Waals surface area contributed by atoms with E-state index in [2.05, 4.69) is 15.5 Å². The van der Waals surface area contributed by atoms with Gasteiger partial charge in [-0.1, -0.05) is 11.6 Å². The van der Waals surface area contributed by atoms with Gasteiger partial charge < -0.3 is 5.73 Å². The predicted octanol–water partition coefficient (Wildman–Crippen LogP) is 1.33. The molecule has 112 valence electrons. The van der Waals surface area contributed by atoms with Crippen LogP contribution in [0.2, 0.25) is 5.02 Å². The standard InChI is InChI=1S/C12H14ClN5O2S/c13-10-7-8(1-2-11(10)14)12-15-16-17-18(12)9-3-5-21(19,20)6-4-9/h1-2,7,9H,3-6,14H2. The number of tetrazole rings is 1. The van der Waals surface area contributed by atoms with Gasteiger partial charge in [0.25, 0.3) is 0 Å². The number of hydrogen-bond donors (Lipinski definition) is 1. The lowest BCUT2D eigenvalue weighted by atomic mass is 10.1. The Hall–Kier alpha value is -1.67. The number of nitrogen functional groups attached to an aromatic ring is 1. The molecular weight excluding hydrogens is 314 g/mol. The van der Waals surface area contributed by atoms with Gasteiger partial charge in [0.15, 0.2) is 5.82 Å². The number of anilines is 1. The van der Waals surface area contributed by atoms with Crippen molar-refractivity contribution < 1.29 is 8.42 Å². The van der Waals surface area contributed by atoms with Crippen molar-refractivity contribution in [2.75, 3.05) is 17.2 Å². The Kier molecular flexibility index (Phi) is 3.58. The van der Waals surface area contributed by atoms with Gasteiger partial charge in [0, 0.05) is 5.56 Å². The minimum absolute atomic E-state index is 0.0187. The Morgan fingerprint density at radius 2 is 2.00 bits per heavy atom. The van der Waals surface area contributed by atoms with Crippen LogP contribution in [0.1, 0.15) is 18.9 Å². The molecule has 0 bridgehead atoms. The zero-order valence-electron chi connectivity index (χ0n) is 11.1. The van der Waals surface area contributed by atoms with E-state index in [9.17, 15) is 8.42 Å². The zero-order chi connectivity index (χ0) is 15.0. The molecule has 2 heterocycles. The molecule has 1 aliphatic heterocycles. The molecule has 2 aromatic rings. The van der Waals surface area contributed by atoms with Crippen LogP contribution < -0.4 is 5.73 Å². The molecule has 1 aliphatic rings. The van der Waals surface area contributed by atoms with Crippen molar-refractivity contribution in [3.63, 3.8) is 0 Å². The SMILES string of the molecule is Nc1ccc(-c2nnnn2C2CCS(=O)(=O)CC2)cc1Cl. The van der Waals surface area contributed by atoms with Crippen molar-refractivity contribution >= 4 is 27.1 Å². The van der Waals surface area contributed by atoms with Crippen molar-refractivity contribution in [3.8, 4) is 11.4 Å². The van der Waals surface area contributed by atoms with E-state index in [1.165, 1.54) is 0 Å². The molecule has 21 heavy (non-hydrogen) atoms. The maximum atomic E-state index is 11.5. The average molecular weight is 328 g/mol. The fraction of sp³-hybridized carbons (Fsp3) is 0.417. The molecule has 1 saturated heterocycles. The molecule has 3 rings (SSSR count). The largest absolute Gasteiger partial charge is 0.398 e. The van der Waals surface area contributed by atoms with E-state index in [0.717, 1.165) is 5.56 Å². The Bertz CT molecular complexity index is 760. The van der Waals surface area contributed by atoms with Gasteiger partial charge in [-0.05, 0) is 41.5 Å². The highest BCUT2D eigenvalue weighted by Crippen LogP contribution is 2.30. The van der Waals surface area contributed by atoms with Crippen molar-refractivity contribution in [1.29, 1.82) is 0 Å². The van der Waals surface area contributed by atoms with Crippen LogP contribution in [-0.2, 0) is 9.84 Å². The predicted molar refractivity (Wildman–Crippen MR) is 79.6 cm³/mol. The summed E-state index contributed by atoms with van der Waals surface area (Å²) in [7, 11) is -2.92. The van der Waals surface area contributed by atoms with Gasteiger partial charge in [0.1, 0.15) is 9.84 Å². The second-order valence-corrected chi connectivity index (χ2v) is 7.78. The summed E-state index contributed by atoms with van der Waals surface area (Å²) in [6, 6.07) is 5.18. The van der Waals surface area contributed by atoms with Gasteiger partial charge in [-0.25, -0.2) is 13.1 Å². The third-order valence-corrected chi connectivity index (χ3v) is 5.66. The van der Waals surface area contributed by atoms with E-state index in [1.807, 2.05) is 0 Å². The minimum atomic E-state index is -2.92. The number of halogens is 1. The number of rotatable bonds is 2. The van der Waals surface area contributed by atoms with Crippen LogP contribution in [0.3, 0.4) is 0 Å². The first-order valence-corrected chi connectivity index (χ1v) is 8.70. The Labute approximate surface area is 127 Å². The van der Waals surface area contributed by atoms with E-state index in [1.54, 1.807) is 22.9 Å². The lowest BCUT2D eigenvalue weighted by Gasteiger charge is -2.22. The van der Waals surface area contributed by atoms with Crippen LogP contribution in [0.4, 0.5) is 5.69 Å². The number of nitrogens with two attached hydrogens (primary N) is 1. The van der Waals surface area contributed by atoms with Gasteiger partial charge in [-0.15, -0.1) is 5.10 Å². The maximum absolute atomic E-state index is 11.5. The molecule has 1 aromatic heterocycles. The molecule has 1 aromatic carbocycles. The molecule has 0 unspecified atom stereocenters. The Balaban J connectivity index is 1.92. The van der Waals surface area contributed by atoms with E-state index >= 15 is 0 Å². The quantitative estimate of drug-likeness (QED) is 0.834. The van der Waals surface area contributed by atoms with Crippen LogP contribution in [0, 0.1) is 0 Å². The van der Waals surface area contributed by atoms with Gasteiger partial charge >= 0.3 is 0 Å². The smallest absolute Gasteiger partial charge is 0.182 e. The number of hydrogen-bond acceptors (Lipinski definition) is 6. The number of aromatic nitrogens is 4. The van der Waals surface area contributed by atoms with Crippen LogP contribution in [-0.4, -0.2) is 40.1 Å². The molecule has 0 amide bonds. The maximum Gasteiger partial charge on any atom is 0.182 e. The first-order valence-electron chi connectivity index (χ1n) is 6.50. The summed E-state index contributed by atoms with van der Waals surface area (Å²) in [4.78, 5) is 0. The Morgan fingerprint density at radius 1 is 1.29 bits per heavy atom. The second-order valence-electron chi connectivity index (χ2n) is 5.07. The lowest BCUT2D eigenvalue weighted by Crippen LogP contribution is -2.26. The average Bonchev–Trinajstić information content (AvgIpc) is 2.91. The van der Waals surface area contributed by atoms with Crippen LogP contribution in [0.5, 0.6) is 0 Å². The summed E-state index contributed by atoms with van der Waals surface area (Å²) in [6.07, 6.45) is 1.03. The molecule has 1 fully saturated rings. The number of benzene rings is 1. The molecule has 0 spiro atoms. The van der Waals surface area contributed by atoms with Crippen molar-refractivity contribution in [2.24, 2.45) is 0 Å². The van der Waals surface area contributed by atoms with E-state index < -0.39 is 9.84 Å². The van der Waals surface area contributed by atoms with Gasteiger partial charge in [0.2, 0.25) is 0 Å². The normalized spacial score (nSPS) is 18.7. The molecule has 0 aliphatic carbocycles. The highest BCUT2D eigenvalue weighted by molar-refractivity contribution is 7.91. The van der Waals surface area contributed by atoms with E-state index in [-0.39, 0.29) is 17.5 Å². The summed E-state index contributed by atoms with van der Waals surface area (Å²) in [5, 5.41) is 12.2. The third kappa shape index (κ3) is 2.86. The highest BCUT2D eigenvalue weighted by Gasteiger charge is 2.27. The molecule has 0 saturated carbocycles. The number of nitrogens with zero attached hydrogens (tertiary/aromatic N) is 4. The van der Waals surface area contributed by atoms with Crippen molar-refractivity contribution in [3.05, 3.63) is 23.2 Å². The fourth-order valence-corrected chi connectivity index (χ4v) is 4.07. The first kappa shape index (κ1) is 14.3. The molecular formula is C12H14ClN5O2S. The summed E-state index contributed by atoms with van der Waals surface area (Å²) in [6.45, 7) is 0. The molecule has 7 nitrogen and oxygen atoms in total. The molecule has 0 atom stereocenters. The Morgan fingerprint density at radius 3 is 2.67 bits per heavy atom. The minimum Gasteiger partial charge on any atom is -0.398 e. The van der Waals surface area contributed by atoms with Gasteiger partial charge in [-0.2, -0.15) is 0 Å². The van der Waals surface area contributed by atoms with Crippen LogP contribution in [0.25, 0.3) is 11.4 Å². The summed E-state index contributed by atoms with van der Waals surface area (Å²) in [5.74, 6) is 0.903. The van der Waals surface area contributed by atoms with Crippen molar-refractivity contribution in [2.45, 2.75) is 18.9 Å². The topological polar surface area (TPSA) is 104 Å². The molecule has 2 N–H and O–H groups in total. The lowest BCUT2D eigenvalue weighted by molar-refractivity contribution is 0.408. The first-order chi connectivity index (χ1) is 9.96. The van der Waals surface area contributed by atoms with Gasteiger partial charge in [0.05, 0.1) is 28.3 Å². The second kappa shape index (κ2) is 5.27. The third-order valence-electron chi connectivity index (χ3n) is 3.62. The summed E-state index contributed by atoms with van der Waals surface area (Å²) < 4.78 is 24.7. The van der Waals surface area contributed by atoms with Crippen LogP contribution in [0.15, 0.2) is 18.2 Å². The molecule has 9 heteroatoms. The monoisotopic (exact) mass is 327 g/mol. The van der Waals surface area contributed by atoms with E-state index in [4.69, 9.17) is 17.3 Å². The zero-order valence-corrected chi connectivity index (χ0v) is 12.7. The van der Waals surface area contributed by atoms with Gasteiger partial charge in [-0.3, -0.25) is 0 Å². The molecule has 0 radical (unpaired) electrons.